The monoisotopic (exact) mass is 454 g/mol. The Hall–Kier alpha value is -2.35. The highest BCUT2D eigenvalue weighted by molar-refractivity contribution is 5.69. The van der Waals surface area contributed by atoms with E-state index in [0.29, 0.717) is 53.7 Å². The molecular weight excluding hydrogens is 424 g/mol. The van der Waals surface area contributed by atoms with E-state index in [-0.39, 0.29) is 23.8 Å². The molecule has 8 heteroatoms. The van der Waals surface area contributed by atoms with Gasteiger partial charge in [-0.25, -0.2) is 4.39 Å². The van der Waals surface area contributed by atoms with E-state index in [4.69, 9.17) is 0 Å². The van der Waals surface area contributed by atoms with Gasteiger partial charge in [0, 0.05) is 49.6 Å². The molecule has 1 aromatic heterocycles. The second-order valence-electron chi connectivity index (χ2n) is 9.04. The maximum atomic E-state index is 14.9. The molecule has 1 saturated heterocycles. The lowest BCUT2D eigenvalue weighted by molar-refractivity contribution is -0.275. The van der Waals surface area contributed by atoms with Gasteiger partial charge in [0.05, 0.1) is 0 Å². The summed E-state index contributed by atoms with van der Waals surface area (Å²) in [4.78, 5) is 14.1. The van der Waals surface area contributed by atoms with Crippen molar-refractivity contribution in [1.82, 2.24) is 9.47 Å². The number of rotatable bonds is 5. The maximum absolute atomic E-state index is 14.9. The van der Waals surface area contributed by atoms with Gasteiger partial charge >= 0.3 is 6.36 Å². The van der Waals surface area contributed by atoms with Crippen LogP contribution in [0.25, 0.3) is 11.1 Å². The highest BCUT2D eigenvalue weighted by atomic mass is 19.4. The molecule has 32 heavy (non-hydrogen) atoms. The number of pyridine rings is 1. The van der Waals surface area contributed by atoms with Gasteiger partial charge in [-0.05, 0) is 49.8 Å². The zero-order chi connectivity index (χ0) is 23.8. The van der Waals surface area contributed by atoms with Crippen molar-refractivity contribution >= 4 is 0 Å². The van der Waals surface area contributed by atoms with Crippen LogP contribution >= 0.6 is 0 Å². The van der Waals surface area contributed by atoms with Gasteiger partial charge in [-0.15, -0.1) is 13.2 Å². The van der Waals surface area contributed by atoms with Crippen LogP contribution in [0.15, 0.2) is 29.2 Å². The summed E-state index contributed by atoms with van der Waals surface area (Å²) in [6.07, 6.45) is -2.51. The Labute approximate surface area is 185 Å². The number of likely N-dealkylation sites (tertiary alicyclic amines) is 1. The first kappa shape index (κ1) is 24.3. The molecule has 1 aliphatic heterocycles. The summed E-state index contributed by atoms with van der Waals surface area (Å²) in [6.45, 7) is 8.36. The van der Waals surface area contributed by atoms with Crippen molar-refractivity contribution in [2.75, 3.05) is 13.1 Å². The Bertz CT molecular complexity index is 1040. The van der Waals surface area contributed by atoms with E-state index >= 15 is 0 Å². The van der Waals surface area contributed by atoms with E-state index < -0.39 is 12.0 Å². The first-order valence-corrected chi connectivity index (χ1v) is 10.8. The van der Waals surface area contributed by atoms with Crippen LogP contribution in [0.5, 0.6) is 5.75 Å². The standard InChI is InChI=1S/C24H30F4N2O2/c1-15(2)23(25)8-10-30(11-9-23)13-19-7-6-18(12-21(19)32-24(26,27)28)20-14-29(5)22(31)17(4)16(20)3/h6-7,12,14-15H,8-11,13H2,1-5H3. The van der Waals surface area contributed by atoms with Gasteiger partial charge in [0.15, 0.2) is 0 Å². The van der Waals surface area contributed by atoms with Crippen molar-refractivity contribution in [2.24, 2.45) is 13.0 Å². The van der Waals surface area contributed by atoms with E-state index in [1.807, 2.05) is 18.7 Å². The number of hydrogen-bond acceptors (Lipinski definition) is 3. The zero-order valence-electron chi connectivity index (χ0n) is 19.1. The number of alkyl halides is 4. The molecule has 1 fully saturated rings. The average molecular weight is 455 g/mol. The van der Waals surface area contributed by atoms with Crippen molar-refractivity contribution in [2.45, 2.75) is 59.1 Å². The SMILES string of the molecule is Cc1c(-c2ccc(CN3CCC(F)(C(C)C)CC3)c(OC(F)(F)F)c2)cn(C)c(=O)c1C. The average Bonchev–Trinajstić information content (AvgIpc) is 2.71. The molecule has 3 rings (SSSR count). The van der Waals surface area contributed by atoms with Crippen LogP contribution in [-0.2, 0) is 13.6 Å². The van der Waals surface area contributed by atoms with Crippen molar-refractivity contribution in [3.05, 3.63) is 51.4 Å². The largest absolute Gasteiger partial charge is 0.573 e. The van der Waals surface area contributed by atoms with Gasteiger partial charge < -0.3 is 9.30 Å². The van der Waals surface area contributed by atoms with Crippen molar-refractivity contribution in [1.29, 1.82) is 0 Å². The van der Waals surface area contributed by atoms with Gasteiger partial charge in [-0.1, -0.05) is 26.0 Å². The molecule has 2 aromatic rings. The molecule has 0 atom stereocenters. The van der Waals surface area contributed by atoms with Gasteiger partial charge in [-0.3, -0.25) is 9.69 Å². The molecule has 0 aliphatic carbocycles. The van der Waals surface area contributed by atoms with E-state index in [1.54, 1.807) is 39.2 Å². The van der Waals surface area contributed by atoms with Crippen LogP contribution in [0.1, 0.15) is 43.4 Å². The van der Waals surface area contributed by atoms with Crippen LogP contribution < -0.4 is 10.3 Å². The fourth-order valence-corrected chi connectivity index (χ4v) is 4.24. The third-order valence-electron chi connectivity index (χ3n) is 6.65. The van der Waals surface area contributed by atoms with Crippen LogP contribution in [0.3, 0.4) is 0 Å². The normalized spacial score (nSPS) is 17.1. The van der Waals surface area contributed by atoms with E-state index in [1.165, 1.54) is 10.6 Å². The smallest absolute Gasteiger partial charge is 0.405 e. The van der Waals surface area contributed by atoms with Gasteiger partial charge in [0.2, 0.25) is 0 Å². The number of benzene rings is 1. The summed E-state index contributed by atoms with van der Waals surface area (Å²) in [5, 5.41) is 0. The number of nitrogens with zero attached hydrogens (tertiary/aromatic N) is 2. The summed E-state index contributed by atoms with van der Waals surface area (Å²) >= 11 is 0. The maximum Gasteiger partial charge on any atom is 0.573 e. The molecule has 0 spiro atoms. The molecule has 1 aromatic carbocycles. The minimum atomic E-state index is -4.84. The van der Waals surface area contributed by atoms with Gasteiger partial charge in [-0.2, -0.15) is 0 Å². The highest BCUT2D eigenvalue weighted by Gasteiger charge is 2.38. The molecule has 0 unspecified atom stereocenters. The summed E-state index contributed by atoms with van der Waals surface area (Å²) in [7, 11) is 1.61. The molecular formula is C24H30F4N2O2. The van der Waals surface area contributed by atoms with Crippen molar-refractivity contribution in [3.8, 4) is 16.9 Å². The minimum Gasteiger partial charge on any atom is -0.405 e. The zero-order valence-corrected chi connectivity index (χ0v) is 19.1. The third kappa shape index (κ3) is 5.17. The van der Waals surface area contributed by atoms with E-state index in [9.17, 15) is 22.4 Å². The number of halogens is 4. The highest BCUT2D eigenvalue weighted by Crippen LogP contribution is 2.37. The predicted molar refractivity (Wildman–Crippen MR) is 116 cm³/mol. The Kier molecular flexibility index (Phi) is 6.75. The first-order valence-electron chi connectivity index (χ1n) is 10.8. The van der Waals surface area contributed by atoms with Crippen LogP contribution in [0.2, 0.25) is 0 Å². The Morgan fingerprint density at radius 2 is 1.75 bits per heavy atom. The molecule has 2 heterocycles. The number of aryl methyl sites for hydroxylation is 1. The topological polar surface area (TPSA) is 34.5 Å². The molecule has 1 aliphatic rings. The molecule has 176 valence electrons. The fourth-order valence-electron chi connectivity index (χ4n) is 4.24. The Morgan fingerprint density at radius 1 is 1.12 bits per heavy atom. The fraction of sp³-hybridized carbons (Fsp3) is 0.542. The predicted octanol–water partition coefficient (Wildman–Crippen LogP) is 5.53. The molecule has 0 radical (unpaired) electrons. The van der Waals surface area contributed by atoms with Crippen LogP contribution in [-0.4, -0.2) is 34.6 Å². The number of piperidine rings is 1. The number of aromatic nitrogens is 1. The summed E-state index contributed by atoms with van der Waals surface area (Å²) in [5.74, 6) is -0.372. The third-order valence-corrected chi connectivity index (χ3v) is 6.65. The van der Waals surface area contributed by atoms with Gasteiger partial charge in [0.1, 0.15) is 11.4 Å². The molecule has 0 bridgehead atoms. The quantitative estimate of drug-likeness (QED) is 0.558. The Balaban J connectivity index is 1.93. The van der Waals surface area contributed by atoms with Crippen LogP contribution in [0, 0.1) is 19.8 Å². The number of hydrogen-bond donors (Lipinski definition) is 0. The van der Waals surface area contributed by atoms with E-state index in [0.717, 1.165) is 0 Å². The molecule has 0 saturated carbocycles. The lowest BCUT2D eigenvalue weighted by Gasteiger charge is -2.39. The van der Waals surface area contributed by atoms with E-state index in [2.05, 4.69) is 4.74 Å². The van der Waals surface area contributed by atoms with Crippen LogP contribution in [0.4, 0.5) is 17.6 Å². The van der Waals surface area contributed by atoms with Crippen molar-refractivity contribution in [3.63, 3.8) is 0 Å². The minimum absolute atomic E-state index is 0.0958. The lowest BCUT2D eigenvalue weighted by atomic mass is 9.83. The summed E-state index contributed by atoms with van der Waals surface area (Å²) in [6, 6.07) is 4.73. The number of ether oxygens (including phenoxy) is 1. The van der Waals surface area contributed by atoms with Gasteiger partial charge in [0.25, 0.3) is 5.56 Å². The first-order chi connectivity index (χ1) is 14.8. The Morgan fingerprint density at radius 3 is 2.31 bits per heavy atom. The summed E-state index contributed by atoms with van der Waals surface area (Å²) in [5.41, 5.74) is 1.46. The molecule has 0 amide bonds. The second kappa shape index (κ2) is 8.89. The second-order valence-corrected chi connectivity index (χ2v) is 9.04. The molecule has 4 nitrogen and oxygen atoms in total. The van der Waals surface area contributed by atoms with Crippen molar-refractivity contribution < 1.29 is 22.3 Å². The summed E-state index contributed by atoms with van der Waals surface area (Å²) < 4.78 is 60.1. The molecule has 0 N–H and O–H groups in total. The lowest BCUT2D eigenvalue weighted by Crippen LogP contribution is -2.44.